The van der Waals surface area contributed by atoms with Gasteiger partial charge in [0.1, 0.15) is 0 Å². The molecule has 0 aliphatic carbocycles. The first-order valence-electron chi connectivity index (χ1n) is 9.24. The Kier molecular flexibility index (Phi) is 6.09. The highest BCUT2D eigenvalue weighted by atomic mass is 32.2. The van der Waals surface area contributed by atoms with Crippen LogP contribution in [0.5, 0.6) is 5.88 Å². The molecule has 0 bridgehead atoms. The highest BCUT2D eigenvalue weighted by Crippen LogP contribution is 2.24. The highest BCUT2D eigenvalue weighted by molar-refractivity contribution is 7.92. The number of hydroxylamine groups is 1. The molecule has 0 aliphatic rings. The second kappa shape index (κ2) is 8.44. The molecular weight excluding hydrogens is 424 g/mol. The molecule has 2 N–H and O–H groups in total. The standard InChI is InChI=1S/C20H22N4O6S/c1-20(19(26)23-27,31(3,28)29)8-9-24-12-22-16-10-13(4-6-15(16)18(24)25)14-5-7-17(30-2)21-11-14/h4-7,10-12,27H,8-9H2,1-3H3,(H,23,26). The zero-order chi connectivity index (χ0) is 22.8. The third-order valence-electron chi connectivity index (χ3n) is 5.33. The van der Waals surface area contributed by atoms with Crippen LogP contribution in [0.2, 0.25) is 0 Å². The number of nitrogens with zero attached hydrogens (tertiary/aromatic N) is 3. The number of ether oxygens (including phenoxy) is 1. The number of nitrogens with one attached hydrogen (secondary N) is 1. The first-order chi connectivity index (χ1) is 14.6. The molecule has 2 heterocycles. The van der Waals surface area contributed by atoms with E-state index in [1.165, 1.54) is 30.4 Å². The minimum absolute atomic E-state index is 0.0804. The summed E-state index contributed by atoms with van der Waals surface area (Å²) >= 11 is 0. The maximum absolute atomic E-state index is 12.9. The molecule has 0 spiro atoms. The normalized spacial score (nSPS) is 13.5. The quantitative estimate of drug-likeness (QED) is 0.407. The van der Waals surface area contributed by atoms with Crippen molar-refractivity contribution in [1.29, 1.82) is 0 Å². The topological polar surface area (TPSA) is 140 Å². The lowest BCUT2D eigenvalue weighted by molar-refractivity contribution is -0.131. The van der Waals surface area contributed by atoms with Crippen molar-refractivity contribution in [3.8, 4) is 17.0 Å². The summed E-state index contributed by atoms with van der Waals surface area (Å²) in [4.78, 5) is 33.3. The molecule has 0 fully saturated rings. The first-order valence-corrected chi connectivity index (χ1v) is 11.1. The fourth-order valence-electron chi connectivity index (χ4n) is 3.09. The van der Waals surface area contributed by atoms with E-state index in [1.54, 1.807) is 30.5 Å². The van der Waals surface area contributed by atoms with E-state index < -0.39 is 20.5 Å². The lowest BCUT2D eigenvalue weighted by atomic mass is 10.1. The van der Waals surface area contributed by atoms with Crippen molar-refractivity contribution in [3.05, 3.63) is 53.2 Å². The Balaban J connectivity index is 1.92. The van der Waals surface area contributed by atoms with Crippen LogP contribution in [0, 0.1) is 0 Å². The predicted octanol–water partition coefficient (Wildman–Crippen LogP) is 1.17. The van der Waals surface area contributed by atoms with E-state index in [4.69, 9.17) is 9.94 Å². The summed E-state index contributed by atoms with van der Waals surface area (Å²) in [5.41, 5.74) is 3.13. The maximum Gasteiger partial charge on any atom is 0.264 e. The van der Waals surface area contributed by atoms with E-state index >= 15 is 0 Å². The molecule has 3 rings (SSSR count). The second-order valence-corrected chi connectivity index (χ2v) is 9.70. The van der Waals surface area contributed by atoms with E-state index in [2.05, 4.69) is 9.97 Å². The monoisotopic (exact) mass is 446 g/mol. The van der Waals surface area contributed by atoms with Gasteiger partial charge in [-0.05, 0) is 37.1 Å². The number of aryl methyl sites for hydroxylation is 1. The summed E-state index contributed by atoms with van der Waals surface area (Å²) in [5.74, 6) is -0.573. The molecular formula is C20H22N4O6S. The molecule has 11 heteroatoms. The molecule has 0 saturated carbocycles. The number of fused-ring (bicyclic) bond motifs is 1. The number of methoxy groups -OCH3 is 1. The van der Waals surface area contributed by atoms with Gasteiger partial charge in [0, 0.05) is 30.6 Å². The summed E-state index contributed by atoms with van der Waals surface area (Å²) in [5, 5.41) is 9.27. The average Bonchev–Trinajstić information content (AvgIpc) is 2.76. The van der Waals surface area contributed by atoms with E-state index in [1.807, 2.05) is 6.07 Å². The third-order valence-corrected chi connectivity index (χ3v) is 7.36. The summed E-state index contributed by atoms with van der Waals surface area (Å²) in [7, 11) is -2.34. The Morgan fingerprint density at radius 1 is 1.23 bits per heavy atom. The maximum atomic E-state index is 12.9. The van der Waals surface area contributed by atoms with Crippen molar-refractivity contribution in [2.75, 3.05) is 13.4 Å². The predicted molar refractivity (Wildman–Crippen MR) is 114 cm³/mol. The van der Waals surface area contributed by atoms with Gasteiger partial charge in [0.2, 0.25) is 5.88 Å². The SMILES string of the molecule is COc1ccc(-c2ccc3c(=O)n(CCC(C)(C(=O)NO)S(C)(=O)=O)cnc3c2)cn1. The van der Waals surface area contributed by atoms with Crippen LogP contribution in [0.4, 0.5) is 0 Å². The van der Waals surface area contributed by atoms with Gasteiger partial charge < -0.3 is 4.74 Å². The lowest BCUT2D eigenvalue weighted by Crippen LogP contribution is -2.50. The Labute approximate surface area is 178 Å². The molecule has 1 amide bonds. The summed E-state index contributed by atoms with van der Waals surface area (Å²) < 4.78 is 28.6. The third kappa shape index (κ3) is 4.28. The number of pyridine rings is 1. The van der Waals surface area contributed by atoms with Gasteiger partial charge in [0.15, 0.2) is 14.6 Å². The van der Waals surface area contributed by atoms with Crippen LogP contribution in [0.1, 0.15) is 13.3 Å². The molecule has 1 unspecified atom stereocenters. The Hall–Kier alpha value is -3.31. The lowest BCUT2D eigenvalue weighted by Gasteiger charge is -2.25. The summed E-state index contributed by atoms with van der Waals surface area (Å²) in [6, 6.07) is 8.72. The van der Waals surface area contributed by atoms with E-state index in [0.717, 1.165) is 17.4 Å². The molecule has 2 aromatic heterocycles. The Bertz CT molecular complexity index is 1290. The van der Waals surface area contributed by atoms with E-state index in [0.29, 0.717) is 16.8 Å². The van der Waals surface area contributed by atoms with Crippen molar-refractivity contribution >= 4 is 26.6 Å². The van der Waals surface area contributed by atoms with Gasteiger partial charge in [-0.15, -0.1) is 0 Å². The van der Waals surface area contributed by atoms with Gasteiger partial charge >= 0.3 is 0 Å². The molecule has 0 radical (unpaired) electrons. The number of hydrogen-bond donors (Lipinski definition) is 2. The number of sulfone groups is 1. The van der Waals surface area contributed by atoms with Gasteiger partial charge in [-0.3, -0.25) is 19.4 Å². The molecule has 164 valence electrons. The molecule has 31 heavy (non-hydrogen) atoms. The average molecular weight is 446 g/mol. The van der Waals surface area contributed by atoms with Gasteiger partial charge in [-0.2, -0.15) is 0 Å². The number of benzene rings is 1. The summed E-state index contributed by atoms with van der Waals surface area (Å²) in [6.07, 6.45) is 3.64. The Morgan fingerprint density at radius 3 is 2.52 bits per heavy atom. The van der Waals surface area contributed by atoms with Gasteiger partial charge in [0.25, 0.3) is 11.5 Å². The van der Waals surface area contributed by atoms with Gasteiger partial charge in [-0.1, -0.05) is 6.07 Å². The van der Waals surface area contributed by atoms with Crippen molar-refractivity contribution in [1.82, 2.24) is 20.0 Å². The second-order valence-electron chi connectivity index (χ2n) is 7.26. The van der Waals surface area contributed by atoms with Crippen LogP contribution < -0.4 is 15.8 Å². The highest BCUT2D eigenvalue weighted by Gasteiger charge is 2.43. The van der Waals surface area contributed by atoms with Crippen LogP contribution in [-0.4, -0.2) is 52.2 Å². The van der Waals surface area contributed by atoms with Crippen molar-refractivity contribution in [3.63, 3.8) is 0 Å². The fraction of sp³-hybridized carbons (Fsp3) is 0.300. The minimum Gasteiger partial charge on any atom is -0.481 e. The van der Waals surface area contributed by atoms with E-state index in [-0.39, 0.29) is 18.5 Å². The minimum atomic E-state index is -3.87. The fourth-order valence-corrected chi connectivity index (χ4v) is 3.93. The van der Waals surface area contributed by atoms with Crippen molar-refractivity contribution in [2.45, 2.75) is 24.6 Å². The molecule has 0 aliphatic heterocycles. The van der Waals surface area contributed by atoms with Crippen molar-refractivity contribution < 1.29 is 23.2 Å². The van der Waals surface area contributed by atoms with Crippen LogP contribution >= 0.6 is 0 Å². The summed E-state index contributed by atoms with van der Waals surface area (Å²) in [6.45, 7) is 1.12. The zero-order valence-corrected chi connectivity index (χ0v) is 18.0. The smallest absolute Gasteiger partial charge is 0.264 e. The molecule has 10 nitrogen and oxygen atoms in total. The Morgan fingerprint density at radius 2 is 1.94 bits per heavy atom. The van der Waals surface area contributed by atoms with Crippen LogP contribution in [0.15, 0.2) is 47.7 Å². The number of carbonyl (C=O) groups is 1. The van der Waals surface area contributed by atoms with Crippen LogP contribution in [0.25, 0.3) is 22.0 Å². The van der Waals surface area contributed by atoms with Gasteiger partial charge in [0.05, 0.1) is 24.3 Å². The van der Waals surface area contributed by atoms with E-state index in [9.17, 15) is 18.0 Å². The van der Waals surface area contributed by atoms with Crippen molar-refractivity contribution in [2.24, 2.45) is 0 Å². The zero-order valence-electron chi connectivity index (χ0n) is 17.2. The van der Waals surface area contributed by atoms with Crippen LogP contribution in [-0.2, 0) is 21.2 Å². The number of amides is 1. The molecule has 1 aromatic carbocycles. The largest absolute Gasteiger partial charge is 0.481 e. The number of hydrogen-bond acceptors (Lipinski definition) is 8. The molecule has 3 aromatic rings. The number of carbonyl (C=O) groups excluding carboxylic acids is 1. The number of rotatable bonds is 7. The first kappa shape index (κ1) is 22.4. The number of aromatic nitrogens is 3. The van der Waals surface area contributed by atoms with Gasteiger partial charge in [-0.25, -0.2) is 23.9 Å². The van der Waals surface area contributed by atoms with Crippen LogP contribution in [0.3, 0.4) is 0 Å². The molecule has 1 atom stereocenters. The molecule has 0 saturated heterocycles.